The van der Waals surface area contributed by atoms with Gasteiger partial charge in [-0.05, 0) is 55.0 Å². The number of hydrogen-bond acceptors (Lipinski definition) is 4. The standard InChI is InChI=1S/C19H21ClN2O3/c1-2-3-4-15(20)13-25-18-11-9-17(10-12-18)22-21-16-7-5-14(6-8-16)19(23)24/h5-12,15H,2-4,13H2,1H3,(H,23,24)/b22-21+. The second-order valence-electron chi connectivity index (χ2n) is 5.60. The molecule has 0 radical (unpaired) electrons. The molecule has 6 heteroatoms. The molecule has 2 aromatic rings. The number of benzene rings is 2. The number of nitrogens with zero attached hydrogens (tertiary/aromatic N) is 2. The van der Waals surface area contributed by atoms with Gasteiger partial charge in [-0.15, -0.1) is 11.6 Å². The molecule has 0 saturated carbocycles. The Balaban J connectivity index is 1.88. The highest BCUT2D eigenvalue weighted by Crippen LogP contribution is 2.22. The van der Waals surface area contributed by atoms with Crippen LogP contribution in [0.15, 0.2) is 58.8 Å². The van der Waals surface area contributed by atoms with Crippen LogP contribution in [0.2, 0.25) is 0 Å². The highest BCUT2D eigenvalue weighted by molar-refractivity contribution is 6.20. The molecule has 0 spiro atoms. The van der Waals surface area contributed by atoms with Gasteiger partial charge in [0.05, 0.1) is 22.3 Å². The van der Waals surface area contributed by atoms with Crippen LogP contribution >= 0.6 is 11.6 Å². The van der Waals surface area contributed by atoms with Crippen molar-refractivity contribution < 1.29 is 14.6 Å². The zero-order valence-electron chi connectivity index (χ0n) is 14.1. The summed E-state index contributed by atoms with van der Waals surface area (Å²) in [7, 11) is 0. The molecule has 0 aliphatic heterocycles. The van der Waals surface area contributed by atoms with Crippen molar-refractivity contribution >= 4 is 28.9 Å². The number of aromatic carboxylic acids is 1. The number of alkyl halides is 1. The third kappa shape index (κ3) is 6.55. The van der Waals surface area contributed by atoms with E-state index in [4.69, 9.17) is 21.4 Å². The molecule has 1 N–H and O–H groups in total. The van der Waals surface area contributed by atoms with Gasteiger partial charge in [0.15, 0.2) is 0 Å². The van der Waals surface area contributed by atoms with Gasteiger partial charge in [0.1, 0.15) is 12.4 Å². The normalized spacial score (nSPS) is 12.2. The van der Waals surface area contributed by atoms with Crippen LogP contribution in [0.4, 0.5) is 11.4 Å². The summed E-state index contributed by atoms with van der Waals surface area (Å²) in [5.74, 6) is -0.222. The molecule has 2 rings (SSSR count). The Hall–Kier alpha value is -2.40. The Kier molecular flexibility index (Phi) is 7.41. The van der Waals surface area contributed by atoms with Crippen LogP contribution in [0, 0.1) is 0 Å². The molecule has 0 fully saturated rings. The van der Waals surface area contributed by atoms with Crippen molar-refractivity contribution in [3.8, 4) is 5.75 Å². The molecular formula is C19H21ClN2O3. The summed E-state index contributed by atoms with van der Waals surface area (Å²) in [5, 5.41) is 17.1. The smallest absolute Gasteiger partial charge is 0.335 e. The average Bonchev–Trinajstić information content (AvgIpc) is 2.64. The number of azo groups is 1. The van der Waals surface area contributed by atoms with Crippen molar-refractivity contribution in [2.75, 3.05) is 6.61 Å². The van der Waals surface area contributed by atoms with Crippen molar-refractivity contribution in [2.45, 2.75) is 31.6 Å². The van der Waals surface area contributed by atoms with Crippen LogP contribution in [0.5, 0.6) is 5.75 Å². The summed E-state index contributed by atoms with van der Waals surface area (Å²) < 4.78 is 5.66. The Morgan fingerprint density at radius 1 is 1.08 bits per heavy atom. The van der Waals surface area contributed by atoms with Gasteiger partial charge in [0, 0.05) is 0 Å². The van der Waals surface area contributed by atoms with Gasteiger partial charge in [-0.25, -0.2) is 4.79 Å². The fourth-order valence-electron chi connectivity index (χ4n) is 2.09. The summed E-state index contributed by atoms with van der Waals surface area (Å²) in [5.41, 5.74) is 1.49. The second-order valence-corrected chi connectivity index (χ2v) is 6.21. The molecule has 1 atom stereocenters. The zero-order valence-corrected chi connectivity index (χ0v) is 14.8. The van der Waals surface area contributed by atoms with Crippen LogP contribution < -0.4 is 4.74 Å². The van der Waals surface area contributed by atoms with E-state index in [1.807, 2.05) is 12.1 Å². The van der Waals surface area contributed by atoms with Crippen LogP contribution in [-0.4, -0.2) is 23.1 Å². The van der Waals surface area contributed by atoms with Crippen molar-refractivity contribution in [3.05, 3.63) is 54.1 Å². The van der Waals surface area contributed by atoms with E-state index in [-0.39, 0.29) is 10.9 Å². The van der Waals surface area contributed by atoms with E-state index in [0.29, 0.717) is 18.0 Å². The van der Waals surface area contributed by atoms with Gasteiger partial charge in [-0.2, -0.15) is 10.2 Å². The molecule has 25 heavy (non-hydrogen) atoms. The molecule has 2 aromatic carbocycles. The minimum atomic E-state index is -0.965. The number of unbranched alkanes of at least 4 members (excludes halogenated alkanes) is 1. The van der Waals surface area contributed by atoms with Gasteiger partial charge in [0.2, 0.25) is 0 Å². The first kappa shape index (κ1) is 18.9. The summed E-state index contributed by atoms with van der Waals surface area (Å²) in [6, 6.07) is 13.5. The molecule has 1 unspecified atom stereocenters. The molecule has 0 aliphatic rings. The molecule has 132 valence electrons. The van der Waals surface area contributed by atoms with Crippen LogP contribution in [0.3, 0.4) is 0 Å². The second kappa shape index (κ2) is 9.79. The largest absolute Gasteiger partial charge is 0.492 e. The molecule has 0 heterocycles. The number of ether oxygens (including phenoxy) is 1. The predicted octanol–water partition coefficient (Wildman–Crippen LogP) is 5.98. The van der Waals surface area contributed by atoms with E-state index >= 15 is 0 Å². The maximum absolute atomic E-state index is 10.8. The van der Waals surface area contributed by atoms with E-state index < -0.39 is 5.97 Å². The van der Waals surface area contributed by atoms with Crippen molar-refractivity contribution in [3.63, 3.8) is 0 Å². The minimum absolute atomic E-state index is 0.0214. The lowest BCUT2D eigenvalue weighted by Gasteiger charge is -2.10. The van der Waals surface area contributed by atoms with Gasteiger partial charge in [-0.1, -0.05) is 19.8 Å². The molecule has 0 bridgehead atoms. The average molecular weight is 361 g/mol. The first-order valence-corrected chi connectivity index (χ1v) is 8.64. The first-order chi connectivity index (χ1) is 12.1. The number of hydrogen-bond donors (Lipinski definition) is 1. The Bertz CT molecular complexity index is 700. The third-order valence-electron chi connectivity index (χ3n) is 3.53. The number of carboxylic acid groups (broad SMARTS) is 1. The van der Waals surface area contributed by atoms with Crippen molar-refractivity contribution in [1.29, 1.82) is 0 Å². The molecule has 0 amide bonds. The van der Waals surface area contributed by atoms with Crippen LogP contribution in [-0.2, 0) is 0 Å². The monoisotopic (exact) mass is 360 g/mol. The van der Waals surface area contributed by atoms with E-state index in [9.17, 15) is 4.79 Å². The summed E-state index contributed by atoms with van der Waals surface area (Å²) in [6.45, 7) is 2.62. The predicted molar refractivity (Wildman–Crippen MR) is 98.7 cm³/mol. The number of carboxylic acids is 1. The van der Waals surface area contributed by atoms with Crippen molar-refractivity contribution in [1.82, 2.24) is 0 Å². The van der Waals surface area contributed by atoms with E-state index in [2.05, 4.69) is 17.2 Å². The lowest BCUT2D eigenvalue weighted by atomic mass is 10.2. The van der Waals surface area contributed by atoms with E-state index in [0.717, 1.165) is 25.0 Å². The van der Waals surface area contributed by atoms with Gasteiger partial charge < -0.3 is 9.84 Å². The number of carbonyl (C=O) groups is 1. The van der Waals surface area contributed by atoms with Crippen LogP contribution in [0.1, 0.15) is 36.5 Å². The summed E-state index contributed by atoms with van der Waals surface area (Å²) >= 11 is 6.19. The Morgan fingerprint density at radius 3 is 2.16 bits per heavy atom. The zero-order chi connectivity index (χ0) is 18.1. The third-order valence-corrected chi connectivity index (χ3v) is 3.88. The maximum atomic E-state index is 10.8. The number of rotatable bonds is 9. The Labute approximate surface area is 152 Å². The Morgan fingerprint density at radius 2 is 1.64 bits per heavy atom. The van der Waals surface area contributed by atoms with Crippen LogP contribution in [0.25, 0.3) is 0 Å². The molecule has 0 saturated heterocycles. The minimum Gasteiger partial charge on any atom is -0.492 e. The highest BCUT2D eigenvalue weighted by Gasteiger charge is 2.05. The van der Waals surface area contributed by atoms with Crippen molar-refractivity contribution in [2.24, 2.45) is 10.2 Å². The van der Waals surface area contributed by atoms with Gasteiger partial charge in [0.25, 0.3) is 0 Å². The summed E-state index contributed by atoms with van der Waals surface area (Å²) in [6.07, 6.45) is 3.18. The molecule has 0 aliphatic carbocycles. The topological polar surface area (TPSA) is 71.2 Å². The first-order valence-electron chi connectivity index (χ1n) is 8.20. The summed E-state index contributed by atoms with van der Waals surface area (Å²) in [4.78, 5) is 10.8. The van der Waals surface area contributed by atoms with E-state index in [1.54, 1.807) is 24.3 Å². The lowest BCUT2D eigenvalue weighted by molar-refractivity contribution is 0.0697. The number of halogens is 1. The lowest BCUT2D eigenvalue weighted by Crippen LogP contribution is -2.11. The fourth-order valence-corrected chi connectivity index (χ4v) is 2.31. The van der Waals surface area contributed by atoms with Gasteiger partial charge >= 0.3 is 5.97 Å². The maximum Gasteiger partial charge on any atom is 0.335 e. The van der Waals surface area contributed by atoms with E-state index in [1.165, 1.54) is 12.1 Å². The molecular weight excluding hydrogens is 340 g/mol. The highest BCUT2D eigenvalue weighted by atomic mass is 35.5. The quantitative estimate of drug-likeness (QED) is 0.442. The molecule has 5 nitrogen and oxygen atoms in total. The van der Waals surface area contributed by atoms with Gasteiger partial charge in [-0.3, -0.25) is 0 Å². The molecule has 0 aromatic heterocycles. The fraction of sp³-hybridized carbons (Fsp3) is 0.316. The SMILES string of the molecule is CCCCC(Cl)COc1ccc(/N=N/c2ccc(C(=O)O)cc2)cc1.